The van der Waals surface area contributed by atoms with Gasteiger partial charge < -0.3 is 4.74 Å². The Kier molecular flexibility index (Phi) is 2.53. The summed E-state index contributed by atoms with van der Waals surface area (Å²) in [5.74, 6) is 2.11. The number of ether oxygens (including phenoxy) is 1. The first-order valence-electron chi connectivity index (χ1n) is 5.04. The third kappa shape index (κ3) is 1.52. The summed E-state index contributed by atoms with van der Waals surface area (Å²) >= 11 is 0. The van der Waals surface area contributed by atoms with Crippen molar-refractivity contribution in [3.8, 4) is 0 Å². The van der Waals surface area contributed by atoms with Gasteiger partial charge in [0.15, 0.2) is 0 Å². The van der Waals surface area contributed by atoms with E-state index in [1.807, 2.05) is 0 Å². The van der Waals surface area contributed by atoms with Gasteiger partial charge in [-0.15, -0.1) is 0 Å². The molecule has 1 aliphatic rings. The van der Waals surface area contributed by atoms with Crippen LogP contribution in [0.15, 0.2) is 0 Å². The summed E-state index contributed by atoms with van der Waals surface area (Å²) in [6.45, 7) is 13.5. The molecule has 1 aliphatic heterocycles. The van der Waals surface area contributed by atoms with E-state index >= 15 is 0 Å². The molecule has 0 aromatic carbocycles. The second kappa shape index (κ2) is 3.02. The van der Waals surface area contributed by atoms with Gasteiger partial charge in [-0.3, -0.25) is 0 Å². The molecule has 0 bridgehead atoms. The van der Waals surface area contributed by atoms with E-state index in [2.05, 4.69) is 41.5 Å². The van der Waals surface area contributed by atoms with E-state index in [-0.39, 0.29) is 5.60 Å². The normalized spacial score (nSPS) is 47.5. The fraction of sp³-hybridized carbons (Fsp3) is 1.00. The van der Waals surface area contributed by atoms with Crippen LogP contribution in [0.1, 0.15) is 41.5 Å². The molecule has 1 nitrogen and oxygen atoms in total. The summed E-state index contributed by atoms with van der Waals surface area (Å²) in [7, 11) is 0. The number of rotatable bonds is 0. The summed E-state index contributed by atoms with van der Waals surface area (Å²) in [4.78, 5) is 0. The van der Waals surface area contributed by atoms with Crippen LogP contribution in [0.25, 0.3) is 0 Å². The Morgan fingerprint density at radius 2 is 1.42 bits per heavy atom. The molecule has 12 heavy (non-hydrogen) atoms. The zero-order valence-corrected chi connectivity index (χ0v) is 9.22. The van der Waals surface area contributed by atoms with Crippen LogP contribution >= 0.6 is 0 Å². The van der Waals surface area contributed by atoms with Crippen molar-refractivity contribution in [2.75, 3.05) is 0 Å². The molecule has 0 aliphatic carbocycles. The van der Waals surface area contributed by atoms with Crippen molar-refractivity contribution in [3.05, 3.63) is 0 Å². The van der Waals surface area contributed by atoms with Crippen molar-refractivity contribution >= 4 is 0 Å². The highest BCUT2D eigenvalue weighted by atomic mass is 16.5. The van der Waals surface area contributed by atoms with E-state index in [9.17, 15) is 0 Å². The maximum absolute atomic E-state index is 5.97. The van der Waals surface area contributed by atoms with E-state index in [0.717, 1.165) is 5.92 Å². The third-order valence-corrected chi connectivity index (χ3v) is 3.94. The summed E-state index contributed by atoms with van der Waals surface area (Å²) in [6.07, 6.45) is 0.409. The SMILES string of the molecule is CC1OC(C)(C)C(C)C(C)C1C. The van der Waals surface area contributed by atoms with Crippen LogP contribution in [0, 0.1) is 17.8 Å². The van der Waals surface area contributed by atoms with Crippen LogP contribution in [-0.4, -0.2) is 11.7 Å². The lowest BCUT2D eigenvalue weighted by atomic mass is 9.72. The standard InChI is InChI=1S/C11H22O/c1-7-8(2)10(4)12-11(5,6)9(7)3/h7-10H,1-6H3. The molecule has 4 unspecified atom stereocenters. The van der Waals surface area contributed by atoms with Gasteiger partial charge in [0.05, 0.1) is 11.7 Å². The topological polar surface area (TPSA) is 9.23 Å². The van der Waals surface area contributed by atoms with Gasteiger partial charge in [-0.1, -0.05) is 20.8 Å². The van der Waals surface area contributed by atoms with Gasteiger partial charge in [-0.05, 0) is 38.5 Å². The molecule has 0 aromatic rings. The molecule has 0 saturated carbocycles. The smallest absolute Gasteiger partial charge is 0.0658 e. The molecule has 72 valence electrons. The molecule has 4 atom stereocenters. The molecule has 0 amide bonds. The van der Waals surface area contributed by atoms with E-state index in [4.69, 9.17) is 4.74 Å². The minimum Gasteiger partial charge on any atom is -0.372 e. The lowest BCUT2D eigenvalue weighted by molar-refractivity contribution is -0.175. The van der Waals surface area contributed by atoms with E-state index in [0.29, 0.717) is 17.9 Å². The van der Waals surface area contributed by atoms with Crippen molar-refractivity contribution in [3.63, 3.8) is 0 Å². The molecule has 0 N–H and O–H groups in total. The molecule has 0 aromatic heterocycles. The Labute approximate surface area is 76.5 Å². The fourth-order valence-electron chi connectivity index (χ4n) is 2.21. The Hall–Kier alpha value is -0.0400. The summed E-state index contributed by atoms with van der Waals surface area (Å²) in [6, 6.07) is 0. The molecule has 1 saturated heterocycles. The van der Waals surface area contributed by atoms with Crippen molar-refractivity contribution in [2.45, 2.75) is 53.2 Å². The van der Waals surface area contributed by atoms with Crippen molar-refractivity contribution in [1.82, 2.24) is 0 Å². The van der Waals surface area contributed by atoms with Crippen molar-refractivity contribution in [2.24, 2.45) is 17.8 Å². The average molecular weight is 170 g/mol. The van der Waals surface area contributed by atoms with Gasteiger partial charge >= 0.3 is 0 Å². The molecule has 1 heterocycles. The van der Waals surface area contributed by atoms with Crippen LogP contribution in [0.5, 0.6) is 0 Å². The highest BCUT2D eigenvalue weighted by Crippen LogP contribution is 2.40. The minimum atomic E-state index is 0.0609. The molecular weight excluding hydrogens is 148 g/mol. The minimum absolute atomic E-state index is 0.0609. The summed E-state index contributed by atoms with van der Waals surface area (Å²) in [5, 5.41) is 0. The molecule has 1 fully saturated rings. The van der Waals surface area contributed by atoms with Gasteiger partial charge in [0, 0.05) is 0 Å². The highest BCUT2D eigenvalue weighted by molar-refractivity contribution is 4.89. The van der Waals surface area contributed by atoms with Gasteiger partial charge in [0.1, 0.15) is 0 Å². The second-order valence-electron chi connectivity index (χ2n) is 4.93. The summed E-state index contributed by atoms with van der Waals surface area (Å²) in [5.41, 5.74) is 0.0609. The number of hydrogen-bond donors (Lipinski definition) is 0. The van der Waals surface area contributed by atoms with Crippen LogP contribution in [0.3, 0.4) is 0 Å². The van der Waals surface area contributed by atoms with Crippen molar-refractivity contribution < 1.29 is 4.74 Å². The maximum atomic E-state index is 5.97. The Balaban J connectivity index is 2.78. The molecular formula is C11H22O. The largest absolute Gasteiger partial charge is 0.372 e. The Morgan fingerprint density at radius 1 is 0.917 bits per heavy atom. The maximum Gasteiger partial charge on any atom is 0.0658 e. The van der Waals surface area contributed by atoms with Gasteiger partial charge in [0.2, 0.25) is 0 Å². The van der Waals surface area contributed by atoms with Crippen LogP contribution in [0.4, 0.5) is 0 Å². The first kappa shape index (κ1) is 10.0. The predicted octanol–water partition coefficient (Wildman–Crippen LogP) is 3.09. The van der Waals surface area contributed by atoms with Crippen LogP contribution in [0.2, 0.25) is 0 Å². The third-order valence-electron chi connectivity index (χ3n) is 3.94. The van der Waals surface area contributed by atoms with E-state index in [1.54, 1.807) is 0 Å². The van der Waals surface area contributed by atoms with Gasteiger partial charge in [-0.25, -0.2) is 0 Å². The van der Waals surface area contributed by atoms with E-state index in [1.165, 1.54) is 0 Å². The first-order valence-corrected chi connectivity index (χ1v) is 5.04. The van der Waals surface area contributed by atoms with E-state index < -0.39 is 0 Å². The van der Waals surface area contributed by atoms with Gasteiger partial charge in [0.25, 0.3) is 0 Å². The molecule has 1 rings (SSSR count). The van der Waals surface area contributed by atoms with Crippen LogP contribution < -0.4 is 0 Å². The lowest BCUT2D eigenvalue weighted by Gasteiger charge is -2.47. The highest BCUT2D eigenvalue weighted by Gasteiger charge is 2.41. The predicted molar refractivity (Wildman–Crippen MR) is 52.1 cm³/mol. The molecule has 0 radical (unpaired) electrons. The quantitative estimate of drug-likeness (QED) is 0.543. The van der Waals surface area contributed by atoms with Gasteiger partial charge in [-0.2, -0.15) is 0 Å². The molecule has 0 spiro atoms. The number of hydrogen-bond acceptors (Lipinski definition) is 1. The molecule has 1 heteroatoms. The monoisotopic (exact) mass is 170 g/mol. The zero-order valence-electron chi connectivity index (χ0n) is 9.22. The Morgan fingerprint density at radius 3 is 1.92 bits per heavy atom. The Bertz CT molecular complexity index is 162. The first-order chi connectivity index (χ1) is 5.36. The van der Waals surface area contributed by atoms with Crippen LogP contribution in [-0.2, 0) is 4.74 Å². The van der Waals surface area contributed by atoms with Crippen molar-refractivity contribution in [1.29, 1.82) is 0 Å². The average Bonchev–Trinajstić information content (AvgIpc) is 1.97. The summed E-state index contributed by atoms with van der Waals surface area (Å²) < 4.78 is 5.97. The lowest BCUT2D eigenvalue weighted by Crippen LogP contribution is -2.49. The second-order valence-corrected chi connectivity index (χ2v) is 4.93. The fourth-order valence-corrected chi connectivity index (χ4v) is 2.21. The zero-order chi connectivity index (χ0) is 9.52.